The molecule has 0 atom stereocenters. The van der Waals surface area contributed by atoms with Gasteiger partial charge in [-0.2, -0.15) is 0 Å². The zero-order valence-electron chi connectivity index (χ0n) is 12.6. The van der Waals surface area contributed by atoms with Gasteiger partial charge in [0.05, 0.1) is 0 Å². The summed E-state index contributed by atoms with van der Waals surface area (Å²) in [5.41, 5.74) is 0.560. The zero-order valence-corrected chi connectivity index (χ0v) is 13.5. The minimum Gasteiger partial charge on any atom is -0.370 e. The van der Waals surface area contributed by atoms with Gasteiger partial charge in [0.1, 0.15) is 5.82 Å². The van der Waals surface area contributed by atoms with E-state index in [1.807, 2.05) is 13.0 Å². The Kier molecular flexibility index (Phi) is 4.96. The van der Waals surface area contributed by atoms with E-state index in [9.17, 15) is 4.79 Å². The van der Waals surface area contributed by atoms with Crippen molar-refractivity contribution in [2.24, 2.45) is 0 Å². The molecule has 4 nitrogen and oxygen atoms in total. The molecular formula is C16H21N3OS. The van der Waals surface area contributed by atoms with Gasteiger partial charge in [0.2, 0.25) is 0 Å². The number of carbonyl (C=O) groups excluding carboxylic acids is 1. The molecule has 0 spiro atoms. The quantitative estimate of drug-likeness (QED) is 0.861. The maximum absolute atomic E-state index is 12.3. The number of nitrogens with zero attached hydrogens (tertiary/aromatic N) is 1. The molecular weight excluding hydrogens is 282 g/mol. The molecule has 0 aromatic carbocycles. The Hall–Kier alpha value is -1.88. The highest BCUT2D eigenvalue weighted by atomic mass is 32.1. The van der Waals surface area contributed by atoms with Gasteiger partial charge in [-0.3, -0.25) is 4.79 Å². The highest BCUT2D eigenvalue weighted by Gasteiger charge is 2.22. The van der Waals surface area contributed by atoms with Gasteiger partial charge in [0.15, 0.2) is 0 Å². The summed E-state index contributed by atoms with van der Waals surface area (Å²) in [6.07, 6.45) is 1.65. The van der Waals surface area contributed by atoms with Crippen molar-refractivity contribution in [2.75, 3.05) is 18.4 Å². The predicted molar refractivity (Wildman–Crippen MR) is 88.1 cm³/mol. The first-order valence-corrected chi connectivity index (χ1v) is 7.93. The third-order valence-corrected chi connectivity index (χ3v) is 4.49. The number of aromatic nitrogens is 1. The van der Waals surface area contributed by atoms with Crippen LogP contribution >= 0.6 is 11.3 Å². The average Bonchev–Trinajstić information content (AvgIpc) is 3.00. The van der Waals surface area contributed by atoms with Crippen molar-refractivity contribution in [2.45, 2.75) is 26.2 Å². The average molecular weight is 303 g/mol. The molecule has 2 rings (SSSR count). The molecule has 2 aromatic rings. The van der Waals surface area contributed by atoms with Crippen LogP contribution in [0, 0.1) is 0 Å². The monoisotopic (exact) mass is 303 g/mol. The standard InChI is InChI=1S/C16H21N3OS/c1-4-17-14-10-12(7-8-18-14)15(20)19-11-16(2,3)13-6-5-9-21-13/h5-10H,4,11H2,1-3H3,(H,17,18)(H,19,20). The second-order valence-electron chi connectivity index (χ2n) is 5.50. The lowest BCUT2D eigenvalue weighted by molar-refractivity contribution is 0.0946. The maximum Gasteiger partial charge on any atom is 0.251 e. The van der Waals surface area contributed by atoms with Gasteiger partial charge in [0.25, 0.3) is 5.91 Å². The Labute approximate surface area is 129 Å². The summed E-state index contributed by atoms with van der Waals surface area (Å²) in [6, 6.07) is 7.65. The lowest BCUT2D eigenvalue weighted by atomic mass is 9.91. The van der Waals surface area contributed by atoms with Gasteiger partial charge < -0.3 is 10.6 Å². The molecule has 5 heteroatoms. The first-order chi connectivity index (χ1) is 10.0. The molecule has 0 saturated heterocycles. The van der Waals surface area contributed by atoms with E-state index in [4.69, 9.17) is 0 Å². The predicted octanol–water partition coefficient (Wildman–Crippen LogP) is 3.28. The van der Waals surface area contributed by atoms with Gasteiger partial charge in [0, 0.05) is 35.1 Å². The van der Waals surface area contributed by atoms with E-state index in [2.05, 4.69) is 40.9 Å². The smallest absolute Gasteiger partial charge is 0.251 e. The summed E-state index contributed by atoms with van der Waals surface area (Å²) in [4.78, 5) is 17.7. The number of carbonyl (C=O) groups is 1. The summed E-state index contributed by atoms with van der Waals surface area (Å²) < 4.78 is 0. The summed E-state index contributed by atoms with van der Waals surface area (Å²) in [5, 5.41) is 8.18. The van der Waals surface area contributed by atoms with Gasteiger partial charge in [-0.15, -0.1) is 11.3 Å². The molecule has 0 fully saturated rings. The van der Waals surface area contributed by atoms with Crippen LogP contribution < -0.4 is 10.6 Å². The fraction of sp³-hybridized carbons (Fsp3) is 0.375. The van der Waals surface area contributed by atoms with Gasteiger partial charge >= 0.3 is 0 Å². The van der Waals surface area contributed by atoms with Crippen LogP contribution in [0.1, 0.15) is 36.0 Å². The first kappa shape index (κ1) is 15.5. The number of thiophene rings is 1. The molecule has 112 valence electrons. The summed E-state index contributed by atoms with van der Waals surface area (Å²) >= 11 is 1.72. The molecule has 0 radical (unpaired) electrons. The fourth-order valence-electron chi connectivity index (χ4n) is 2.00. The molecule has 0 aliphatic carbocycles. The van der Waals surface area contributed by atoms with Gasteiger partial charge in [-0.25, -0.2) is 4.98 Å². The topological polar surface area (TPSA) is 54.0 Å². The summed E-state index contributed by atoms with van der Waals surface area (Å²) in [5.74, 6) is 0.656. The number of nitrogens with one attached hydrogen (secondary N) is 2. The third-order valence-electron chi connectivity index (χ3n) is 3.26. The number of rotatable bonds is 6. The Morgan fingerprint density at radius 1 is 1.38 bits per heavy atom. The van der Waals surface area contributed by atoms with Crippen LogP contribution in [0.2, 0.25) is 0 Å². The van der Waals surface area contributed by atoms with E-state index < -0.39 is 0 Å². The molecule has 1 amide bonds. The Balaban J connectivity index is 2.00. The molecule has 0 bridgehead atoms. The Bertz CT molecular complexity index is 593. The molecule has 21 heavy (non-hydrogen) atoms. The lowest BCUT2D eigenvalue weighted by Gasteiger charge is -2.23. The van der Waals surface area contributed by atoms with E-state index in [-0.39, 0.29) is 11.3 Å². The number of hydrogen-bond acceptors (Lipinski definition) is 4. The zero-order chi connectivity index (χ0) is 15.3. The molecule has 2 N–H and O–H groups in total. The third kappa shape index (κ3) is 4.04. The summed E-state index contributed by atoms with van der Waals surface area (Å²) in [7, 11) is 0. The normalized spacial score (nSPS) is 11.2. The number of amides is 1. The van der Waals surface area contributed by atoms with E-state index in [1.165, 1.54) is 4.88 Å². The molecule has 2 aromatic heterocycles. The van der Waals surface area contributed by atoms with E-state index >= 15 is 0 Å². The van der Waals surface area contributed by atoms with E-state index in [1.54, 1.807) is 29.7 Å². The van der Waals surface area contributed by atoms with Crippen LogP contribution in [-0.2, 0) is 5.41 Å². The molecule has 0 unspecified atom stereocenters. The maximum atomic E-state index is 12.3. The number of anilines is 1. The molecule has 0 aliphatic heterocycles. The van der Waals surface area contributed by atoms with E-state index in [0.29, 0.717) is 12.1 Å². The largest absolute Gasteiger partial charge is 0.370 e. The second kappa shape index (κ2) is 6.72. The SMILES string of the molecule is CCNc1cc(C(=O)NCC(C)(C)c2cccs2)ccn1. The number of pyridine rings is 1. The van der Waals surface area contributed by atoms with Gasteiger partial charge in [-0.05, 0) is 30.5 Å². The van der Waals surface area contributed by atoms with Crippen molar-refractivity contribution < 1.29 is 4.79 Å². The van der Waals surface area contributed by atoms with Crippen molar-refractivity contribution in [1.29, 1.82) is 0 Å². The minimum atomic E-state index is -0.0683. The highest BCUT2D eigenvalue weighted by molar-refractivity contribution is 7.10. The van der Waals surface area contributed by atoms with Crippen LogP contribution in [0.25, 0.3) is 0 Å². The van der Waals surface area contributed by atoms with Crippen molar-refractivity contribution in [3.8, 4) is 0 Å². The van der Waals surface area contributed by atoms with Crippen LogP contribution in [0.15, 0.2) is 35.8 Å². The summed E-state index contributed by atoms with van der Waals surface area (Å²) in [6.45, 7) is 7.65. The van der Waals surface area contributed by atoms with Crippen LogP contribution in [0.4, 0.5) is 5.82 Å². The van der Waals surface area contributed by atoms with Crippen molar-refractivity contribution in [3.05, 3.63) is 46.3 Å². The van der Waals surface area contributed by atoms with Crippen LogP contribution in [0.3, 0.4) is 0 Å². The Morgan fingerprint density at radius 2 is 2.19 bits per heavy atom. The first-order valence-electron chi connectivity index (χ1n) is 7.05. The van der Waals surface area contributed by atoms with Crippen molar-refractivity contribution in [1.82, 2.24) is 10.3 Å². The van der Waals surface area contributed by atoms with Gasteiger partial charge in [-0.1, -0.05) is 19.9 Å². The minimum absolute atomic E-state index is 0.0681. The van der Waals surface area contributed by atoms with Crippen LogP contribution in [0.5, 0.6) is 0 Å². The lowest BCUT2D eigenvalue weighted by Crippen LogP contribution is -2.36. The second-order valence-corrected chi connectivity index (χ2v) is 6.45. The van der Waals surface area contributed by atoms with Crippen molar-refractivity contribution >= 4 is 23.1 Å². The molecule has 0 aliphatic rings. The van der Waals surface area contributed by atoms with Crippen molar-refractivity contribution in [3.63, 3.8) is 0 Å². The molecule has 0 saturated carbocycles. The fourth-order valence-corrected chi connectivity index (χ4v) is 2.86. The number of hydrogen-bond donors (Lipinski definition) is 2. The van der Waals surface area contributed by atoms with E-state index in [0.717, 1.165) is 12.4 Å². The van der Waals surface area contributed by atoms with Crippen LogP contribution in [-0.4, -0.2) is 24.0 Å². The molecule has 2 heterocycles. The Morgan fingerprint density at radius 3 is 2.86 bits per heavy atom. The highest BCUT2D eigenvalue weighted by Crippen LogP contribution is 2.26.